The molecule has 2 saturated heterocycles. The number of alkyl halides is 3. The maximum absolute atomic E-state index is 13.5. The summed E-state index contributed by atoms with van der Waals surface area (Å²) in [5, 5.41) is 4.50. The number of ether oxygens (including phenoxy) is 1. The van der Waals surface area contributed by atoms with Crippen LogP contribution in [0.2, 0.25) is 5.02 Å². The van der Waals surface area contributed by atoms with E-state index in [1.165, 1.54) is 32.8 Å². The topological polar surface area (TPSA) is 84.7 Å². The summed E-state index contributed by atoms with van der Waals surface area (Å²) in [5.74, 6) is -0.237. The number of likely N-dealkylation sites (tertiary alicyclic amines) is 1. The molecule has 2 aliphatic rings. The Kier molecular flexibility index (Phi) is 7.58. The fourth-order valence-corrected chi connectivity index (χ4v) is 5.55. The highest BCUT2D eigenvalue weighted by Crippen LogP contribution is 2.37. The minimum atomic E-state index is -4.56. The van der Waals surface area contributed by atoms with E-state index in [9.17, 15) is 27.6 Å². The van der Waals surface area contributed by atoms with Crippen LogP contribution in [0.1, 0.15) is 30.5 Å². The van der Waals surface area contributed by atoms with E-state index < -0.39 is 35.0 Å². The summed E-state index contributed by atoms with van der Waals surface area (Å²) >= 11 is 6.61. The first kappa shape index (κ1) is 28.0. The van der Waals surface area contributed by atoms with Gasteiger partial charge >= 0.3 is 12.3 Å². The van der Waals surface area contributed by atoms with Gasteiger partial charge in [-0.3, -0.25) is 19.2 Å². The Morgan fingerprint density at radius 1 is 1.20 bits per heavy atom. The smallest absolute Gasteiger partial charge is 0.416 e. The quantitative estimate of drug-likeness (QED) is 0.314. The van der Waals surface area contributed by atoms with Crippen molar-refractivity contribution in [3.05, 3.63) is 69.2 Å². The molecule has 0 radical (unpaired) electrons. The minimum Gasteiger partial charge on any atom is -0.449 e. The van der Waals surface area contributed by atoms with E-state index in [1.54, 1.807) is 24.3 Å². The average molecular weight is 593 g/mol. The van der Waals surface area contributed by atoms with Gasteiger partial charge in [0, 0.05) is 23.5 Å². The monoisotopic (exact) mass is 592 g/mol. The Balaban J connectivity index is 1.29. The highest BCUT2D eigenvalue weighted by molar-refractivity contribution is 8.18. The van der Waals surface area contributed by atoms with E-state index in [-0.39, 0.29) is 41.0 Å². The molecule has 2 fully saturated rings. The highest BCUT2D eigenvalue weighted by atomic mass is 35.5. The second-order valence-corrected chi connectivity index (χ2v) is 11.4. The molecule has 210 valence electrons. The van der Waals surface area contributed by atoms with Crippen LogP contribution in [-0.2, 0) is 22.3 Å². The molecule has 2 aromatic carbocycles. The third-order valence-corrected chi connectivity index (χ3v) is 7.63. The van der Waals surface area contributed by atoms with Crippen molar-refractivity contribution >= 4 is 57.6 Å². The van der Waals surface area contributed by atoms with Crippen molar-refractivity contribution in [2.75, 3.05) is 19.7 Å². The number of aromatic nitrogens is 2. The average Bonchev–Trinajstić information content (AvgIpc) is 3.37. The number of carbonyl (C=O) groups is 3. The number of rotatable bonds is 6. The molecule has 3 amide bonds. The third-order valence-electron chi connectivity index (χ3n) is 6.51. The summed E-state index contributed by atoms with van der Waals surface area (Å²) in [6.45, 7) is 4.48. The van der Waals surface area contributed by atoms with Crippen molar-refractivity contribution in [2.24, 2.45) is 5.92 Å². The maximum atomic E-state index is 13.5. The highest BCUT2D eigenvalue weighted by Gasteiger charge is 2.46. The first-order valence-corrected chi connectivity index (χ1v) is 13.6. The van der Waals surface area contributed by atoms with Crippen LogP contribution in [0.4, 0.5) is 22.8 Å². The molecular formula is C27H24ClF3N4O4S. The van der Waals surface area contributed by atoms with Gasteiger partial charge in [0.15, 0.2) is 0 Å². The number of nitrogens with zero attached hydrogens (tertiary/aromatic N) is 4. The van der Waals surface area contributed by atoms with Crippen LogP contribution >= 0.6 is 23.4 Å². The molecule has 0 N–H and O–H groups in total. The van der Waals surface area contributed by atoms with E-state index in [4.69, 9.17) is 16.3 Å². The molecule has 3 aromatic rings. The number of imide groups is 1. The van der Waals surface area contributed by atoms with Crippen LogP contribution in [-0.4, -0.2) is 62.6 Å². The van der Waals surface area contributed by atoms with Gasteiger partial charge in [0.05, 0.1) is 41.4 Å². The number of hydrogen-bond acceptors (Lipinski definition) is 6. The number of amides is 3. The zero-order chi connectivity index (χ0) is 28.8. The Labute approximate surface area is 236 Å². The van der Waals surface area contributed by atoms with Gasteiger partial charge in [-0.2, -0.15) is 18.3 Å². The number of hydrogen-bond donors (Lipinski definition) is 0. The molecule has 0 spiro atoms. The first-order valence-electron chi connectivity index (χ1n) is 12.4. The Bertz CT molecular complexity index is 1530. The van der Waals surface area contributed by atoms with E-state index in [0.717, 1.165) is 17.8 Å². The maximum Gasteiger partial charge on any atom is 0.416 e. The normalized spacial score (nSPS) is 17.4. The van der Waals surface area contributed by atoms with Gasteiger partial charge in [0.25, 0.3) is 11.1 Å². The molecule has 3 heterocycles. The molecule has 13 heteroatoms. The fraction of sp³-hybridized carbons (Fsp3) is 0.333. The van der Waals surface area contributed by atoms with Gasteiger partial charge in [-0.25, -0.2) is 4.79 Å². The summed E-state index contributed by atoms with van der Waals surface area (Å²) in [5.41, 5.74) is 0.445. The summed E-state index contributed by atoms with van der Waals surface area (Å²) in [6.07, 6.45) is -1.90. The van der Waals surface area contributed by atoms with Crippen LogP contribution in [0, 0.1) is 5.92 Å². The lowest BCUT2D eigenvalue weighted by Crippen LogP contribution is -2.62. The van der Waals surface area contributed by atoms with Crippen LogP contribution in [0.5, 0.6) is 0 Å². The molecule has 2 aliphatic heterocycles. The Hall–Kier alpha value is -3.51. The molecule has 40 heavy (non-hydrogen) atoms. The van der Waals surface area contributed by atoms with Gasteiger partial charge in [0.1, 0.15) is 0 Å². The molecule has 8 nitrogen and oxygen atoms in total. The van der Waals surface area contributed by atoms with Gasteiger partial charge in [-0.05, 0) is 59.1 Å². The number of thioether (sulfide) groups is 1. The van der Waals surface area contributed by atoms with E-state index in [1.807, 2.05) is 13.8 Å². The second kappa shape index (κ2) is 10.8. The summed E-state index contributed by atoms with van der Waals surface area (Å²) < 4.78 is 47.2. The van der Waals surface area contributed by atoms with Crippen molar-refractivity contribution in [1.29, 1.82) is 0 Å². The standard InChI is InChI=1S/C27H24ClF3N4O4S/c1-15(2)14-39-25(37)33-12-20(13-33)35-24(36)23(40-26(35)38)8-16-3-6-22-18(7-16)10-32-34(22)11-17-4-5-19(28)9-21(17)27(29,30)31/h3-10,15,20H,11-14H2,1-2H3. The van der Waals surface area contributed by atoms with Crippen molar-refractivity contribution in [2.45, 2.75) is 32.6 Å². The number of halogens is 4. The van der Waals surface area contributed by atoms with E-state index >= 15 is 0 Å². The lowest BCUT2D eigenvalue weighted by molar-refractivity contribution is -0.138. The van der Waals surface area contributed by atoms with Crippen molar-refractivity contribution in [3.8, 4) is 0 Å². The predicted octanol–water partition coefficient (Wildman–Crippen LogP) is 6.27. The van der Waals surface area contributed by atoms with E-state index in [2.05, 4.69) is 5.10 Å². The Morgan fingerprint density at radius 2 is 1.95 bits per heavy atom. The van der Waals surface area contributed by atoms with Crippen LogP contribution in [0.3, 0.4) is 0 Å². The minimum absolute atomic E-state index is 0.00534. The lowest BCUT2D eigenvalue weighted by Gasteiger charge is -2.41. The number of carbonyl (C=O) groups excluding carboxylic acids is 3. The van der Waals surface area contributed by atoms with Crippen molar-refractivity contribution < 1.29 is 32.3 Å². The summed E-state index contributed by atoms with van der Waals surface area (Å²) in [7, 11) is 0. The zero-order valence-corrected chi connectivity index (χ0v) is 23.0. The number of fused-ring (bicyclic) bond motifs is 1. The molecule has 0 bridgehead atoms. The Morgan fingerprint density at radius 3 is 2.65 bits per heavy atom. The SMILES string of the molecule is CC(C)COC(=O)N1CC(N2C(=O)SC(=Cc3ccc4c(cnn4Cc4ccc(Cl)cc4C(F)(F)F)c3)C2=O)C1. The predicted molar refractivity (Wildman–Crippen MR) is 145 cm³/mol. The number of benzene rings is 2. The molecule has 0 unspecified atom stereocenters. The molecule has 0 aliphatic carbocycles. The fourth-order valence-electron chi connectivity index (χ4n) is 4.48. The molecule has 5 rings (SSSR count). The third kappa shape index (κ3) is 5.68. The summed E-state index contributed by atoms with van der Waals surface area (Å²) in [4.78, 5) is 40.6. The lowest BCUT2D eigenvalue weighted by atomic mass is 10.1. The van der Waals surface area contributed by atoms with Gasteiger partial charge in [0.2, 0.25) is 0 Å². The largest absolute Gasteiger partial charge is 0.449 e. The first-order chi connectivity index (χ1) is 18.9. The summed E-state index contributed by atoms with van der Waals surface area (Å²) in [6, 6.07) is 8.37. The van der Waals surface area contributed by atoms with Crippen molar-refractivity contribution in [3.63, 3.8) is 0 Å². The van der Waals surface area contributed by atoms with Crippen LogP contribution in [0.25, 0.3) is 17.0 Å². The molecule has 0 atom stereocenters. The van der Waals surface area contributed by atoms with Crippen LogP contribution < -0.4 is 0 Å². The zero-order valence-electron chi connectivity index (χ0n) is 21.4. The van der Waals surface area contributed by atoms with Crippen molar-refractivity contribution in [1.82, 2.24) is 19.6 Å². The molecule has 0 saturated carbocycles. The van der Waals surface area contributed by atoms with Gasteiger partial charge in [-0.1, -0.05) is 37.6 Å². The second-order valence-electron chi connectivity index (χ2n) is 10.0. The molecule has 1 aromatic heterocycles. The van der Waals surface area contributed by atoms with Gasteiger partial charge < -0.3 is 9.64 Å². The van der Waals surface area contributed by atoms with Gasteiger partial charge in [-0.15, -0.1) is 0 Å². The van der Waals surface area contributed by atoms with Crippen LogP contribution in [0.15, 0.2) is 47.5 Å². The molecular weight excluding hydrogens is 569 g/mol. The van der Waals surface area contributed by atoms with E-state index in [0.29, 0.717) is 23.1 Å².